The standard InChI is InChI=1S/C18H21N3O3S/c1-20(15-9-10-25(23,24)12-15)18(22)17-11-16(13-7-8-13)19-21(17)14-5-3-2-4-6-14/h2-6,11,13,15H,7-10,12H2,1H3/t15-/m0/s1. The van der Waals surface area contributed by atoms with Gasteiger partial charge in [-0.15, -0.1) is 0 Å². The van der Waals surface area contributed by atoms with Crippen molar-refractivity contribution in [2.45, 2.75) is 31.2 Å². The largest absolute Gasteiger partial charge is 0.336 e. The molecule has 132 valence electrons. The first-order valence-electron chi connectivity index (χ1n) is 8.57. The van der Waals surface area contributed by atoms with Crippen LogP contribution >= 0.6 is 0 Å². The Morgan fingerprint density at radius 3 is 2.52 bits per heavy atom. The summed E-state index contributed by atoms with van der Waals surface area (Å²) in [4.78, 5) is 14.6. The molecular formula is C18H21N3O3S. The van der Waals surface area contributed by atoms with E-state index in [1.807, 2.05) is 36.4 Å². The average molecular weight is 359 g/mol. The topological polar surface area (TPSA) is 72.3 Å². The second-order valence-corrected chi connectivity index (χ2v) is 9.18. The second kappa shape index (κ2) is 5.98. The van der Waals surface area contributed by atoms with E-state index in [-0.39, 0.29) is 23.5 Å². The van der Waals surface area contributed by atoms with Gasteiger partial charge < -0.3 is 4.90 Å². The van der Waals surface area contributed by atoms with E-state index in [1.54, 1.807) is 16.6 Å². The third-order valence-corrected chi connectivity index (χ3v) is 6.77. The molecule has 1 saturated carbocycles. The molecule has 1 aromatic carbocycles. The van der Waals surface area contributed by atoms with E-state index in [4.69, 9.17) is 0 Å². The number of benzene rings is 1. The van der Waals surface area contributed by atoms with Crippen molar-refractivity contribution in [3.8, 4) is 5.69 Å². The first-order valence-corrected chi connectivity index (χ1v) is 10.4. The van der Waals surface area contributed by atoms with Crippen molar-refractivity contribution in [2.24, 2.45) is 0 Å². The van der Waals surface area contributed by atoms with Crippen LogP contribution in [-0.2, 0) is 9.84 Å². The Hall–Kier alpha value is -2.15. The molecule has 1 aromatic heterocycles. The van der Waals surface area contributed by atoms with E-state index in [1.165, 1.54) is 0 Å². The summed E-state index contributed by atoms with van der Waals surface area (Å²) >= 11 is 0. The molecule has 0 spiro atoms. The summed E-state index contributed by atoms with van der Waals surface area (Å²) in [6, 6.07) is 11.2. The number of carbonyl (C=O) groups excluding carboxylic acids is 1. The molecule has 4 rings (SSSR count). The lowest BCUT2D eigenvalue weighted by atomic mass is 10.2. The lowest BCUT2D eigenvalue weighted by Crippen LogP contribution is -2.38. The summed E-state index contributed by atoms with van der Waals surface area (Å²) < 4.78 is 25.2. The van der Waals surface area contributed by atoms with Gasteiger partial charge in [-0.25, -0.2) is 13.1 Å². The molecule has 2 heterocycles. The van der Waals surface area contributed by atoms with Crippen LogP contribution in [-0.4, -0.2) is 53.6 Å². The molecule has 1 amide bonds. The van der Waals surface area contributed by atoms with Gasteiger partial charge in [-0.05, 0) is 37.5 Å². The maximum absolute atomic E-state index is 13.1. The van der Waals surface area contributed by atoms with Gasteiger partial charge in [-0.3, -0.25) is 4.79 Å². The van der Waals surface area contributed by atoms with Crippen LogP contribution < -0.4 is 0 Å². The highest BCUT2D eigenvalue weighted by Crippen LogP contribution is 2.40. The molecule has 2 aliphatic rings. The smallest absolute Gasteiger partial charge is 0.272 e. The summed E-state index contributed by atoms with van der Waals surface area (Å²) in [6.07, 6.45) is 2.71. The van der Waals surface area contributed by atoms with Crippen molar-refractivity contribution in [2.75, 3.05) is 18.6 Å². The minimum absolute atomic E-state index is 0.0458. The van der Waals surface area contributed by atoms with Crippen LogP contribution in [0.2, 0.25) is 0 Å². The molecule has 1 aliphatic carbocycles. The zero-order valence-electron chi connectivity index (χ0n) is 14.1. The SMILES string of the molecule is CN(C(=O)c1cc(C2CC2)nn1-c1ccccc1)[C@H]1CCS(=O)(=O)C1. The maximum Gasteiger partial charge on any atom is 0.272 e. The maximum atomic E-state index is 13.1. The van der Waals surface area contributed by atoms with E-state index in [2.05, 4.69) is 5.10 Å². The fourth-order valence-corrected chi connectivity index (χ4v) is 5.10. The molecule has 0 bridgehead atoms. The van der Waals surface area contributed by atoms with Crippen LogP contribution in [0.4, 0.5) is 0 Å². The van der Waals surface area contributed by atoms with E-state index in [0.717, 1.165) is 24.2 Å². The molecule has 7 heteroatoms. The van der Waals surface area contributed by atoms with Gasteiger partial charge in [0.05, 0.1) is 22.9 Å². The Labute approximate surface area is 147 Å². The molecule has 0 unspecified atom stereocenters. The Morgan fingerprint density at radius 1 is 1.20 bits per heavy atom. The monoisotopic (exact) mass is 359 g/mol. The van der Waals surface area contributed by atoms with Crippen molar-refractivity contribution < 1.29 is 13.2 Å². The minimum atomic E-state index is -3.03. The predicted octanol–water partition coefficient (Wildman–Crippen LogP) is 2.01. The van der Waals surface area contributed by atoms with Gasteiger partial charge in [0.1, 0.15) is 5.69 Å². The molecular weight excluding hydrogens is 338 g/mol. The van der Waals surface area contributed by atoms with Crippen LogP contribution in [0.3, 0.4) is 0 Å². The van der Waals surface area contributed by atoms with Crippen molar-refractivity contribution >= 4 is 15.7 Å². The minimum Gasteiger partial charge on any atom is -0.336 e. The number of nitrogens with zero attached hydrogens (tertiary/aromatic N) is 3. The number of sulfone groups is 1. The quantitative estimate of drug-likeness (QED) is 0.837. The lowest BCUT2D eigenvalue weighted by Gasteiger charge is -2.23. The number of amides is 1. The predicted molar refractivity (Wildman–Crippen MR) is 94.7 cm³/mol. The van der Waals surface area contributed by atoms with Crippen molar-refractivity contribution in [1.82, 2.24) is 14.7 Å². The molecule has 2 aromatic rings. The van der Waals surface area contributed by atoms with Crippen molar-refractivity contribution in [3.63, 3.8) is 0 Å². The molecule has 2 fully saturated rings. The number of rotatable bonds is 4. The number of carbonyl (C=O) groups is 1. The summed E-state index contributed by atoms with van der Waals surface area (Å²) in [5, 5.41) is 4.65. The van der Waals surface area contributed by atoms with Gasteiger partial charge >= 0.3 is 0 Å². The van der Waals surface area contributed by atoms with Gasteiger partial charge in [0.15, 0.2) is 9.84 Å². The Balaban J connectivity index is 1.68. The third kappa shape index (κ3) is 3.20. The third-order valence-electron chi connectivity index (χ3n) is 5.02. The van der Waals surface area contributed by atoms with Gasteiger partial charge in [0.2, 0.25) is 0 Å². The van der Waals surface area contributed by atoms with Gasteiger partial charge in [-0.2, -0.15) is 5.10 Å². The first-order chi connectivity index (χ1) is 11.9. The molecule has 25 heavy (non-hydrogen) atoms. The summed E-state index contributed by atoms with van der Waals surface area (Å²) in [7, 11) is -1.35. The number of hydrogen-bond acceptors (Lipinski definition) is 4. The second-order valence-electron chi connectivity index (χ2n) is 6.95. The van der Waals surface area contributed by atoms with Gasteiger partial charge in [-0.1, -0.05) is 18.2 Å². The number of para-hydroxylation sites is 1. The van der Waals surface area contributed by atoms with Gasteiger partial charge in [0.25, 0.3) is 5.91 Å². The van der Waals surface area contributed by atoms with Crippen LogP contribution in [0.15, 0.2) is 36.4 Å². The van der Waals surface area contributed by atoms with E-state index in [9.17, 15) is 13.2 Å². The Kier molecular flexibility index (Phi) is 3.91. The number of hydrogen-bond donors (Lipinski definition) is 0. The molecule has 6 nitrogen and oxygen atoms in total. The lowest BCUT2D eigenvalue weighted by molar-refractivity contribution is 0.0738. The van der Waals surface area contributed by atoms with E-state index in [0.29, 0.717) is 18.0 Å². The average Bonchev–Trinajstić information content (AvgIpc) is 3.26. The summed E-state index contributed by atoms with van der Waals surface area (Å²) in [6.45, 7) is 0. The zero-order valence-corrected chi connectivity index (χ0v) is 14.9. The molecule has 1 atom stereocenters. The Bertz CT molecular complexity index is 901. The first kappa shape index (κ1) is 16.3. The van der Waals surface area contributed by atoms with Gasteiger partial charge in [0, 0.05) is 19.0 Å². The van der Waals surface area contributed by atoms with Crippen LogP contribution in [0, 0.1) is 0 Å². The number of aromatic nitrogens is 2. The normalized spacial score (nSPS) is 22.0. The fourth-order valence-electron chi connectivity index (χ4n) is 3.32. The summed E-state index contributed by atoms with van der Waals surface area (Å²) in [5.74, 6) is 0.462. The van der Waals surface area contributed by atoms with Crippen molar-refractivity contribution in [3.05, 3.63) is 47.8 Å². The Morgan fingerprint density at radius 2 is 1.92 bits per heavy atom. The van der Waals surface area contributed by atoms with Crippen LogP contribution in [0.5, 0.6) is 0 Å². The fraction of sp³-hybridized carbons (Fsp3) is 0.444. The van der Waals surface area contributed by atoms with E-state index >= 15 is 0 Å². The highest BCUT2D eigenvalue weighted by atomic mass is 32.2. The highest BCUT2D eigenvalue weighted by Gasteiger charge is 2.35. The van der Waals surface area contributed by atoms with Crippen LogP contribution in [0.25, 0.3) is 5.69 Å². The van der Waals surface area contributed by atoms with Crippen LogP contribution in [0.1, 0.15) is 41.4 Å². The zero-order chi connectivity index (χ0) is 17.6. The van der Waals surface area contributed by atoms with E-state index < -0.39 is 9.84 Å². The summed E-state index contributed by atoms with van der Waals surface area (Å²) in [5.41, 5.74) is 2.28. The molecule has 1 saturated heterocycles. The highest BCUT2D eigenvalue weighted by molar-refractivity contribution is 7.91. The van der Waals surface area contributed by atoms with Crippen molar-refractivity contribution in [1.29, 1.82) is 0 Å². The molecule has 0 radical (unpaired) electrons. The molecule has 0 N–H and O–H groups in total. The molecule has 1 aliphatic heterocycles.